The van der Waals surface area contributed by atoms with E-state index in [4.69, 9.17) is 4.74 Å². The molecule has 1 saturated heterocycles. The first-order valence-electron chi connectivity index (χ1n) is 8.80. The van der Waals surface area contributed by atoms with Crippen LogP contribution in [-0.4, -0.2) is 23.3 Å². The summed E-state index contributed by atoms with van der Waals surface area (Å²) in [6.45, 7) is 4.60. The summed E-state index contributed by atoms with van der Waals surface area (Å²) in [5, 5.41) is 9.73. The van der Waals surface area contributed by atoms with E-state index in [9.17, 15) is 9.90 Å². The van der Waals surface area contributed by atoms with E-state index in [2.05, 4.69) is 32.1 Å². The Morgan fingerprint density at radius 1 is 1.27 bits per heavy atom. The van der Waals surface area contributed by atoms with Gasteiger partial charge in [-0.15, -0.1) is 0 Å². The van der Waals surface area contributed by atoms with Gasteiger partial charge in [-0.25, -0.2) is 0 Å². The highest BCUT2D eigenvalue weighted by molar-refractivity contribution is 5.70. The second-order valence-corrected chi connectivity index (χ2v) is 7.49. The third-order valence-electron chi connectivity index (χ3n) is 5.68. The van der Waals surface area contributed by atoms with E-state index in [-0.39, 0.29) is 18.5 Å². The lowest BCUT2D eigenvalue weighted by molar-refractivity contribution is -0.160. The van der Waals surface area contributed by atoms with Gasteiger partial charge >= 0.3 is 5.97 Å². The van der Waals surface area contributed by atoms with Crippen molar-refractivity contribution in [2.24, 2.45) is 23.7 Å². The summed E-state index contributed by atoms with van der Waals surface area (Å²) < 4.78 is 5.40. The minimum atomic E-state index is -0.513. The van der Waals surface area contributed by atoms with Gasteiger partial charge in [-0.1, -0.05) is 32.1 Å². The molecule has 0 amide bonds. The zero-order valence-electron chi connectivity index (χ0n) is 13.7. The summed E-state index contributed by atoms with van der Waals surface area (Å²) in [7, 11) is 0. The predicted octanol–water partition coefficient (Wildman–Crippen LogP) is 3.63. The van der Waals surface area contributed by atoms with Crippen LogP contribution >= 0.6 is 0 Å². The fourth-order valence-corrected chi connectivity index (χ4v) is 4.44. The van der Waals surface area contributed by atoms with Gasteiger partial charge in [0.05, 0.1) is 12.5 Å². The minimum absolute atomic E-state index is 0.0932. The lowest BCUT2D eigenvalue weighted by Crippen LogP contribution is -2.34. The van der Waals surface area contributed by atoms with E-state index in [1.54, 1.807) is 0 Å². The number of allylic oxidation sites excluding steroid dienone is 4. The molecule has 3 nitrogen and oxygen atoms in total. The molecule has 2 aliphatic carbocycles. The van der Waals surface area contributed by atoms with Crippen LogP contribution in [0.3, 0.4) is 0 Å². The fourth-order valence-electron chi connectivity index (χ4n) is 4.44. The molecule has 0 saturated carbocycles. The summed E-state index contributed by atoms with van der Waals surface area (Å²) in [5.41, 5.74) is 1.52. The summed E-state index contributed by atoms with van der Waals surface area (Å²) in [6, 6.07) is 0. The van der Waals surface area contributed by atoms with Gasteiger partial charge in [0.1, 0.15) is 6.10 Å². The topological polar surface area (TPSA) is 46.5 Å². The molecule has 0 aromatic carbocycles. The molecular weight excluding hydrogens is 276 g/mol. The van der Waals surface area contributed by atoms with Crippen molar-refractivity contribution < 1.29 is 14.6 Å². The first kappa shape index (κ1) is 15.8. The fraction of sp³-hybridized carbons (Fsp3) is 0.737. The summed E-state index contributed by atoms with van der Waals surface area (Å²) in [5.74, 6) is 2.34. The average Bonchev–Trinajstić information content (AvgIpc) is 2.45. The van der Waals surface area contributed by atoms with Crippen LogP contribution in [0.15, 0.2) is 23.8 Å². The number of carbonyl (C=O) groups is 1. The molecule has 3 heteroatoms. The van der Waals surface area contributed by atoms with E-state index in [1.807, 2.05) is 0 Å². The van der Waals surface area contributed by atoms with Crippen LogP contribution in [-0.2, 0) is 9.53 Å². The first-order valence-corrected chi connectivity index (χ1v) is 8.80. The zero-order chi connectivity index (χ0) is 15.7. The van der Waals surface area contributed by atoms with Crippen molar-refractivity contribution in [2.75, 3.05) is 0 Å². The van der Waals surface area contributed by atoms with Crippen molar-refractivity contribution >= 4 is 5.97 Å². The second-order valence-electron chi connectivity index (χ2n) is 7.49. The molecule has 3 rings (SSSR count). The van der Waals surface area contributed by atoms with E-state index in [1.165, 1.54) is 18.4 Å². The van der Waals surface area contributed by atoms with Gasteiger partial charge in [0.2, 0.25) is 0 Å². The summed E-state index contributed by atoms with van der Waals surface area (Å²) in [4.78, 5) is 11.5. The van der Waals surface area contributed by atoms with Crippen LogP contribution in [0.1, 0.15) is 52.4 Å². The lowest BCUT2D eigenvalue weighted by Gasteiger charge is -2.39. The van der Waals surface area contributed by atoms with Crippen LogP contribution in [0.4, 0.5) is 0 Å². The molecule has 122 valence electrons. The number of aliphatic hydroxyl groups is 1. The van der Waals surface area contributed by atoms with E-state index < -0.39 is 6.10 Å². The van der Waals surface area contributed by atoms with Crippen molar-refractivity contribution in [3.05, 3.63) is 23.8 Å². The molecule has 22 heavy (non-hydrogen) atoms. The molecule has 1 fully saturated rings. The van der Waals surface area contributed by atoms with Gasteiger partial charge in [0.25, 0.3) is 0 Å². The molecule has 3 aliphatic rings. The third kappa shape index (κ3) is 3.45. The van der Waals surface area contributed by atoms with Crippen LogP contribution in [0, 0.1) is 23.7 Å². The monoisotopic (exact) mass is 304 g/mol. The molecule has 1 heterocycles. The average molecular weight is 304 g/mol. The van der Waals surface area contributed by atoms with Gasteiger partial charge in [0.15, 0.2) is 0 Å². The van der Waals surface area contributed by atoms with Crippen molar-refractivity contribution in [3.8, 4) is 0 Å². The molecule has 0 aromatic rings. The normalized spacial score (nSPS) is 41.6. The Labute approximate surface area is 133 Å². The lowest BCUT2D eigenvalue weighted by atomic mass is 9.66. The van der Waals surface area contributed by atoms with Crippen LogP contribution in [0.2, 0.25) is 0 Å². The highest BCUT2D eigenvalue weighted by Crippen LogP contribution is 2.43. The molecule has 0 radical (unpaired) electrons. The predicted molar refractivity (Wildman–Crippen MR) is 86.1 cm³/mol. The Hall–Kier alpha value is -1.09. The molecule has 6 unspecified atom stereocenters. The number of carbonyl (C=O) groups excluding carboxylic acids is 1. The Kier molecular flexibility index (Phi) is 4.72. The quantitative estimate of drug-likeness (QED) is 0.810. The number of fused-ring (bicyclic) bond motifs is 1. The van der Waals surface area contributed by atoms with Gasteiger partial charge in [-0.2, -0.15) is 0 Å². The smallest absolute Gasteiger partial charge is 0.308 e. The number of esters is 1. The highest BCUT2D eigenvalue weighted by atomic mass is 16.5. The second kappa shape index (κ2) is 6.57. The Morgan fingerprint density at radius 3 is 2.86 bits per heavy atom. The first-order chi connectivity index (χ1) is 10.5. The van der Waals surface area contributed by atoms with Crippen molar-refractivity contribution in [1.29, 1.82) is 0 Å². The standard InChI is InChI=1S/C19H28O3/c1-12-3-7-18-14(9-12)5-4-13(2)17(18)8-6-16-10-15(20)11-19(21)22-16/h4-5,9,12-13,15-18,20H,3,6-8,10-11H2,1-2H3. The molecule has 6 atom stereocenters. The molecule has 0 bridgehead atoms. The SMILES string of the molecule is CC1C=C2C=CC(C)C(CCC3CC(O)CC(=O)O3)C2CC1. The number of rotatable bonds is 3. The van der Waals surface area contributed by atoms with Gasteiger partial charge in [-0.3, -0.25) is 4.79 Å². The summed E-state index contributed by atoms with van der Waals surface area (Å²) >= 11 is 0. The molecule has 1 N–H and O–H groups in total. The van der Waals surface area contributed by atoms with Crippen LogP contribution < -0.4 is 0 Å². The Balaban J connectivity index is 1.63. The van der Waals surface area contributed by atoms with Crippen molar-refractivity contribution in [1.82, 2.24) is 0 Å². The maximum absolute atomic E-state index is 11.5. The van der Waals surface area contributed by atoms with Crippen LogP contribution in [0.25, 0.3) is 0 Å². The maximum atomic E-state index is 11.5. The highest BCUT2D eigenvalue weighted by Gasteiger charge is 2.34. The molecule has 0 spiro atoms. The van der Waals surface area contributed by atoms with Crippen molar-refractivity contribution in [3.63, 3.8) is 0 Å². The Bertz CT molecular complexity index is 479. The van der Waals surface area contributed by atoms with E-state index in [0.29, 0.717) is 30.1 Å². The van der Waals surface area contributed by atoms with Crippen molar-refractivity contribution in [2.45, 2.75) is 64.6 Å². The van der Waals surface area contributed by atoms with Gasteiger partial charge < -0.3 is 9.84 Å². The van der Waals surface area contributed by atoms with E-state index in [0.717, 1.165) is 12.8 Å². The molecule has 0 aromatic heterocycles. The third-order valence-corrected chi connectivity index (χ3v) is 5.68. The Morgan fingerprint density at radius 2 is 2.09 bits per heavy atom. The summed E-state index contributed by atoms with van der Waals surface area (Å²) in [6.07, 6.45) is 11.8. The number of aliphatic hydroxyl groups excluding tert-OH is 1. The number of cyclic esters (lactones) is 1. The minimum Gasteiger partial charge on any atom is -0.462 e. The number of ether oxygens (including phenoxy) is 1. The van der Waals surface area contributed by atoms with Gasteiger partial charge in [0, 0.05) is 6.42 Å². The van der Waals surface area contributed by atoms with Crippen LogP contribution in [0.5, 0.6) is 0 Å². The molecular formula is C19H28O3. The number of hydrogen-bond donors (Lipinski definition) is 1. The zero-order valence-corrected chi connectivity index (χ0v) is 13.7. The molecule has 1 aliphatic heterocycles. The van der Waals surface area contributed by atoms with E-state index >= 15 is 0 Å². The van der Waals surface area contributed by atoms with Gasteiger partial charge in [-0.05, 0) is 54.9 Å². The largest absolute Gasteiger partial charge is 0.462 e. The number of hydrogen-bond acceptors (Lipinski definition) is 3. The maximum Gasteiger partial charge on any atom is 0.308 e.